The standard InChI is InChI=1S/C16H25N5/c1-3-4-6-10-18-16(17-2)19-11-9-14-13-21-12-7-5-8-15(21)20-14/h5,7-8,12-13H,3-4,6,9-11H2,1-2H3,(H2,17,18,19). The molecule has 0 aliphatic heterocycles. The SMILES string of the molecule is CCCCCNC(=NC)NCCc1cn2ccccc2n1. The molecule has 0 bridgehead atoms. The van der Waals surface area contributed by atoms with E-state index in [4.69, 9.17) is 0 Å². The summed E-state index contributed by atoms with van der Waals surface area (Å²) in [5, 5.41) is 6.66. The molecule has 2 heterocycles. The van der Waals surface area contributed by atoms with Gasteiger partial charge in [-0.15, -0.1) is 0 Å². The number of hydrogen-bond donors (Lipinski definition) is 2. The number of pyridine rings is 1. The van der Waals surface area contributed by atoms with Crippen LogP contribution in [0.5, 0.6) is 0 Å². The molecule has 0 amide bonds. The lowest BCUT2D eigenvalue weighted by atomic mass is 10.2. The van der Waals surface area contributed by atoms with Crippen molar-refractivity contribution in [2.24, 2.45) is 4.99 Å². The second kappa shape index (κ2) is 8.29. The minimum atomic E-state index is 0.831. The van der Waals surface area contributed by atoms with E-state index in [0.29, 0.717) is 0 Å². The molecule has 114 valence electrons. The summed E-state index contributed by atoms with van der Waals surface area (Å²) in [7, 11) is 1.81. The first-order chi connectivity index (χ1) is 10.3. The minimum Gasteiger partial charge on any atom is -0.356 e. The van der Waals surface area contributed by atoms with Gasteiger partial charge in [0, 0.05) is 39.0 Å². The quantitative estimate of drug-likeness (QED) is 0.466. The van der Waals surface area contributed by atoms with Crippen molar-refractivity contribution in [1.82, 2.24) is 20.0 Å². The molecular formula is C16H25N5. The fourth-order valence-electron chi connectivity index (χ4n) is 2.22. The highest BCUT2D eigenvalue weighted by Gasteiger charge is 2.01. The van der Waals surface area contributed by atoms with Crippen LogP contribution in [-0.4, -0.2) is 35.5 Å². The number of aliphatic imine (C=N–C) groups is 1. The van der Waals surface area contributed by atoms with E-state index < -0.39 is 0 Å². The molecule has 2 aromatic heterocycles. The molecule has 0 unspecified atom stereocenters. The zero-order chi connectivity index (χ0) is 14.9. The predicted molar refractivity (Wildman–Crippen MR) is 87.8 cm³/mol. The third kappa shape index (κ3) is 4.77. The van der Waals surface area contributed by atoms with Gasteiger partial charge in [-0.05, 0) is 18.6 Å². The Hall–Kier alpha value is -2.04. The highest BCUT2D eigenvalue weighted by molar-refractivity contribution is 5.79. The van der Waals surface area contributed by atoms with Crippen molar-refractivity contribution in [3.05, 3.63) is 36.3 Å². The Labute approximate surface area is 126 Å². The first kappa shape index (κ1) is 15.4. The number of nitrogens with zero attached hydrogens (tertiary/aromatic N) is 3. The van der Waals surface area contributed by atoms with Crippen LogP contribution in [0, 0.1) is 0 Å². The second-order valence-electron chi connectivity index (χ2n) is 5.08. The third-order valence-corrected chi connectivity index (χ3v) is 3.38. The highest BCUT2D eigenvalue weighted by atomic mass is 15.2. The van der Waals surface area contributed by atoms with E-state index in [1.807, 2.05) is 28.8 Å². The average molecular weight is 287 g/mol. The first-order valence-electron chi connectivity index (χ1n) is 7.70. The van der Waals surface area contributed by atoms with Crippen LogP contribution in [0.15, 0.2) is 35.6 Å². The normalized spacial score (nSPS) is 11.8. The highest BCUT2D eigenvalue weighted by Crippen LogP contribution is 2.04. The summed E-state index contributed by atoms with van der Waals surface area (Å²) in [4.78, 5) is 8.81. The number of fused-ring (bicyclic) bond motifs is 1. The second-order valence-corrected chi connectivity index (χ2v) is 5.08. The van der Waals surface area contributed by atoms with Gasteiger partial charge >= 0.3 is 0 Å². The number of guanidine groups is 1. The molecular weight excluding hydrogens is 262 g/mol. The molecule has 0 atom stereocenters. The lowest BCUT2D eigenvalue weighted by molar-refractivity contribution is 0.682. The molecule has 0 fully saturated rings. The fraction of sp³-hybridized carbons (Fsp3) is 0.500. The molecule has 2 N–H and O–H groups in total. The summed E-state index contributed by atoms with van der Waals surface area (Å²) in [5.74, 6) is 0.870. The molecule has 0 spiro atoms. The van der Waals surface area contributed by atoms with Crippen LogP contribution >= 0.6 is 0 Å². The minimum absolute atomic E-state index is 0.831. The maximum atomic E-state index is 4.58. The van der Waals surface area contributed by atoms with Gasteiger partial charge in [-0.2, -0.15) is 0 Å². The summed E-state index contributed by atoms with van der Waals surface area (Å²) in [6.45, 7) is 4.02. The van der Waals surface area contributed by atoms with Crippen LogP contribution in [0.2, 0.25) is 0 Å². The van der Waals surface area contributed by atoms with Crippen LogP contribution in [0.25, 0.3) is 5.65 Å². The zero-order valence-electron chi connectivity index (χ0n) is 13.0. The number of nitrogens with one attached hydrogen (secondary N) is 2. The maximum Gasteiger partial charge on any atom is 0.190 e. The lowest BCUT2D eigenvalue weighted by Gasteiger charge is -2.10. The van der Waals surface area contributed by atoms with Crippen LogP contribution in [-0.2, 0) is 6.42 Å². The number of hydrogen-bond acceptors (Lipinski definition) is 2. The van der Waals surface area contributed by atoms with Crippen molar-refractivity contribution in [3.8, 4) is 0 Å². The largest absolute Gasteiger partial charge is 0.356 e. The van der Waals surface area contributed by atoms with E-state index in [0.717, 1.165) is 36.8 Å². The average Bonchev–Trinajstić information content (AvgIpc) is 2.92. The topological polar surface area (TPSA) is 53.7 Å². The molecule has 2 rings (SSSR count). The molecule has 0 aromatic carbocycles. The van der Waals surface area contributed by atoms with Gasteiger partial charge in [0.1, 0.15) is 5.65 Å². The zero-order valence-corrected chi connectivity index (χ0v) is 13.0. The number of unbranched alkanes of at least 4 members (excludes halogenated alkanes) is 2. The Bertz CT molecular complexity index is 540. The molecule has 2 aromatic rings. The number of aromatic nitrogens is 2. The van der Waals surface area contributed by atoms with Crippen molar-refractivity contribution in [2.45, 2.75) is 32.6 Å². The van der Waals surface area contributed by atoms with Crippen molar-refractivity contribution < 1.29 is 0 Å². The molecule has 0 radical (unpaired) electrons. The molecule has 5 nitrogen and oxygen atoms in total. The van der Waals surface area contributed by atoms with E-state index in [9.17, 15) is 0 Å². The molecule has 21 heavy (non-hydrogen) atoms. The summed E-state index contributed by atoms with van der Waals surface area (Å²) >= 11 is 0. The van der Waals surface area contributed by atoms with Crippen LogP contribution in [0.4, 0.5) is 0 Å². The van der Waals surface area contributed by atoms with Gasteiger partial charge in [0.15, 0.2) is 5.96 Å². The Morgan fingerprint density at radius 1 is 1.24 bits per heavy atom. The summed E-state index contributed by atoms with van der Waals surface area (Å²) in [6.07, 6.45) is 8.66. The third-order valence-electron chi connectivity index (χ3n) is 3.38. The van der Waals surface area contributed by atoms with Crippen molar-refractivity contribution >= 4 is 11.6 Å². The maximum absolute atomic E-state index is 4.58. The summed E-state index contributed by atoms with van der Waals surface area (Å²) < 4.78 is 2.05. The number of imidazole rings is 1. The fourth-order valence-corrected chi connectivity index (χ4v) is 2.22. The van der Waals surface area contributed by atoms with E-state index >= 15 is 0 Å². The molecule has 0 aliphatic rings. The number of rotatable bonds is 7. The summed E-state index contributed by atoms with van der Waals surface area (Å²) in [5.41, 5.74) is 2.09. The smallest absolute Gasteiger partial charge is 0.190 e. The molecule has 0 saturated heterocycles. The molecule has 5 heteroatoms. The molecule has 0 aliphatic carbocycles. The Morgan fingerprint density at radius 3 is 2.86 bits per heavy atom. The Morgan fingerprint density at radius 2 is 2.10 bits per heavy atom. The van der Waals surface area contributed by atoms with E-state index in [-0.39, 0.29) is 0 Å². The molecule has 0 saturated carbocycles. The Kier molecular flexibility index (Phi) is 6.06. The summed E-state index contributed by atoms with van der Waals surface area (Å²) in [6, 6.07) is 6.04. The first-order valence-corrected chi connectivity index (χ1v) is 7.70. The van der Waals surface area contributed by atoms with Gasteiger partial charge in [-0.1, -0.05) is 25.8 Å². The van der Waals surface area contributed by atoms with E-state index in [2.05, 4.69) is 33.7 Å². The van der Waals surface area contributed by atoms with Gasteiger partial charge in [0.05, 0.1) is 5.69 Å². The Balaban J connectivity index is 1.74. The van der Waals surface area contributed by atoms with E-state index in [1.165, 1.54) is 19.3 Å². The van der Waals surface area contributed by atoms with Crippen LogP contribution < -0.4 is 10.6 Å². The van der Waals surface area contributed by atoms with Crippen molar-refractivity contribution in [1.29, 1.82) is 0 Å². The lowest BCUT2D eigenvalue weighted by Crippen LogP contribution is -2.38. The van der Waals surface area contributed by atoms with Gasteiger partial charge < -0.3 is 15.0 Å². The van der Waals surface area contributed by atoms with Gasteiger partial charge in [0.2, 0.25) is 0 Å². The van der Waals surface area contributed by atoms with Gasteiger partial charge in [-0.25, -0.2) is 4.98 Å². The van der Waals surface area contributed by atoms with Gasteiger partial charge in [-0.3, -0.25) is 4.99 Å². The monoisotopic (exact) mass is 287 g/mol. The van der Waals surface area contributed by atoms with E-state index in [1.54, 1.807) is 7.05 Å². The predicted octanol–water partition coefficient (Wildman–Crippen LogP) is 2.23. The van der Waals surface area contributed by atoms with Crippen molar-refractivity contribution in [3.63, 3.8) is 0 Å². The van der Waals surface area contributed by atoms with Crippen LogP contribution in [0.3, 0.4) is 0 Å². The van der Waals surface area contributed by atoms with Crippen molar-refractivity contribution in [2.75, 3.05) is 20.1 Å². The van der Waals surface area contributed by atoms with Crippen LogP contribution in [0.1, 0.15) is 31.9 Å². The van der Waals surface area contributed by atoms with Gasteiger partial charge in [0.25, 0.3) is 0 Å².